The van der Waals surface area contributed by atoms with Crippen molar-refractivity contribution in [2.45, 2.75) is 6.42 Å². The Balaban J connectivity index is 2.33. The maximum atomic E-state index is 10.6. The van der Waals surface area contributed by atoms with Crippen molar-refractivity contribution in [3.05, 3.63) is 35.5 Å². The fourth-order valence-electron chi connectivity index (χ4n) is 1.97. The van der Waals surface area contributed by atoms with Crippen molar-refractivity contribution in [1.29, 1.82) is 0 Å². The first-order chi connectivity index (χ1) is 7.38. The van der Waals surface area contributed by atoms with Gasteiger partial charge >= 0.3 is 0 Å². The lowest BCUT2D eigenvalue weighted by Gasteiger charge is -2.03. The first kappa shape index (κ1) is 8.41. The molecular formula is C12H9NO2. The zero-order valence-electron chi connectivity index (χ0n) is 8.06. The number of ether oxygens (including phenoxy) is 1. The number of benzene rings is 1. The van der Waals surface area contributed by atoms with Crippen molar-refractivity contribution in [2.24, 2.45) is 0 Å². The number of rotatable bonds is 1. The molecule has 0 amide bonds. The molecule has 0 fully saturated rings. The highest BCUT2D eigenvalue weighted by molar-refractivity contribution is 5.89. The van der Waals surface area contributed by atoms with Crippen LogP contribution in [0.2, 0.25) is 0 Å². The maximum Gasteiger partial charge on any atom is 0.151 e. The lowest BCUT2D eigenvalue weighted by Crippen LogP contribution is -1.88. The quantitative estimate of drug-likeness (QED) is 0.659. The number of nitrogens with zero attached hydrogens (tertiary/aromatic N) is 1. The summed E-state index contributed by atoms with van der Waals surface area (Å²) in [6.07, 6.45) is 3.32. The monoisotopic (exact) mass is 199 g/mol. The summed E-state index contributed by atoms with van der Waals surface area (Å²) in [6.45, 7) is 0.728. The summed E-state index contributed by atoms with van der Waals surface area (Å²) in [7, 11) is 0. The first-order valence-corrected chi connectivity index (χ1v) is 4.88. The number of hydrogen-bond acceptors (Lipinski definition) is 3. The maximum absolute atomic E-state index is 10.6. The third kappa shape index (κ3) is 1.20. The van der Waals surface area contributed by atoms with Crippen LogP contribution in [0, 0.1) is 0 Å². The second-order valence-electron chi connectivity index (χ2n) is 3.60. The Hall–Kier alpha value is -1.90. The Labute approximate surface area is 86.7 Å². The van der Waals surface area contributed by atoms with Gasteiger partial charge in [-0.05, 0) is 18.2 Å². The van der Waals surface area contributed by atoms with Gasteiger partial charge in [0.2, 0.25) is 0 Å². The molecule has 3 heteroatoms. The van der Waals surface area contributed by atoms with Crippen LogP contribution in [-0.2, 0) is 6.42 Å². The highest BCUT2D eigenvalue weighted by Crippen LogP contribution is 2.31. The van der Waals surface area contributed by atoms with Gasteiger partial charge in [-0.3, -0.25) is 9.78 Å². The molecule has 1 aromatic carbocycles. The predicted octanol–water partition coefficient (Wildman–Crippen LogP) is 1.98. The molecule has 0 atom stereocenters. The number of hydrogen-bond donors (Lipinski definition) is 0. The molecule has 3 nitrogen and oxygen atoms in total. The smallest absolute Gasteiger partial charge is 0.151 e. The standard InChI is InChI=1S/C12H9NO2/c14-7-8-5-9-1-2-11-10(3-4-15-11)12(9)13-6-8/h1-2,5-7H,3-4H2. The largest absolute Gasteiger partial charge is 0.493 e. The number of carbonyl (C=O) groups is 1. The van der Waals surface area contributed by atoms with Crippen LogP contribution in [0.4, 0.5) is 0 Å². The summed E-state index contributed by atoms with van der Waals surface area (Å²) in [6, 6.07) is 5.74. The SMILES string of the molecule is O=Cc1cnc2c3c(ccc2c1)OCC3. The van der Waals surface area contributed by atoms with Gasteiger partial charge in [0.15, 0.2) is 6.29 Å². The molecule has 0 spiro atoms. The van der Waals surface area contributed by atoms with Crippen molar-refractivity contribution in [2.75, 3.05) is 6.61 Å². The molecule has 3 rings (SSSR count). The molecular weight excluding hydrogens is 190 g/mol. The van der Waals surface area contributed by atoms with Crippen LogP contribution in [0.1, 0.15) is 15.9 Å². The minimum atomic E-state index is 0.612. The average Bonchev–Trinajstić information content (AvgIpc) is 2.76. The van der Waals surface area contributed by atoms with E-state index in [-0.39, 0.29) is 0 Å². The molecule has 0 aliphatic carbocycles. The van der Waals surface area contributed by atoms with Gasteiger partial charge in [-0.25, -0.2) is 0 Å². The Morgan fingerprint density at radius 2 is 2.33 bits per heavy atom. The molecule has 0 bridgehead atoms. The number of aromatic nitrogens is 1. The average molecular weight is 199 g/mol. The van der Waals surface area contributed by atoms with Gasteiger partial charge in [-0.2, -0.15) is 0 Å². The minimum absolute atomic E-state index is 0.612. The zero-order chi connectivity index (χ0) is 10.3. The highest BCUT2D eigenvalue weighted by atomic mass is 16.5. The van der Waals surface area contributed by atoms with Gasteiger partial charge in [-0.1, -0.05) is 0 Å². The van der Waals surface area contributed by atoms with Gasteiger partial charge in [0.25, 0.3) is 0 Å². The van der Waals surface area contributed by atoms with Crippen LogP contribution in [0.3, 0.4) is 0 Å². The lowest BCUT2D eigenvalue weighted by atomic mass is 10.1. The Morgan fingerprint density at radius 1 is 1.40 bits per heavy atom. The third-order valence-electron chi connectivity index (χ3n) is 2.68. The van der Waals surface area contributed by atoms with E-state index in [1.807, 2.05) is 18.2 Å². The highest BCUT2D eigenvalue weighted by Gasteiger charge is 2.15. The summed E-state index contributed by atoms with van der Waals surface area (Å²) in [5.41, 5.74) is 2.72. The van der Waals surface area contributed by atoms with Crippen LogP contribution in [0.5, 0.6) is 5.75 Å². The van der Waals surface area contributed by atoms with Gasteiger partial charge in [0.1, 0.15) is 5.75 Å². The molecule has 0 N–H and O–H groups in total. The fourth-order valence-corrected chi connectivity index (χ4v) is 1.97. The molecule has 1 aliphatic heterocycles. The van der Waals surface area contributed by atoms with Gasteiger partial charge < -0.3 is 4.74 Å². The van der Waals surface area contributed by atoms with E-state index in [0.29, 0.717) is 5.56 Å². The van der Waals surface area contributed by atoms with E-state index in [4.69, 9.17) is 4.74 Å². The Bertz CT molecular complexity index is 549. The van der Waals surface area contributed by atoms with E-state index in [0.717, 1.165) is 41.5 Å². The summed E-state index contributed by atoms with van der Waals surface area (Å²) >= 11 is 0. The van der Waals surface area contributed by atoms with E-state index in [1.165, 1.54) is 0 Å². The van der Waals surface area contributed by atoms with Gasteiger partial charge in [0.05, 0.1) is 12.1 Å². The summed E-state index contributed by atoms with van der Waals surface area (Å²) in [4.78, 5) is 14.9. The summed E-state index contributed by atoms with van der Waals surface area (Å²) in [5.74, 6) is 0.925. The molecule has 2 heterocycles. The molecule has 0 radical (unpaired) electrons. The normalized spacial score (nSPS) is 13.6. The Kier molecular flexibility index (Phi) is 1.71. The topological polar surface area (TPSA) is 39.2 Å². The molecule has 15 heavy (non-hydrogen) atoms. The van der Waals surface area contributed by atoms with Crippen molar-refractivity contribution < 1.29 is 9.53 Å². The molecule has 0 unspecified atom stereocenters. The van der Waals surface area contributed by atoms with Crippen molar-refractivity contribution in [1.82, 2.24) is 4.98 Å². The number of aldehydes is 1. The lowest BCUT2D eigenvalue weighted by molar-refractivity contribution is 0.112. The van der Waals surface area contributed by atoms with Gasteiger partial charge in [-0.15, -0.1) is 0 Å². The fraction of sp³-hybridized carbons (Fsp3) is 0.167. The number of pyridine rings is 1. The van der Waals surface area contributed by atoms with Crippen molar-refractivity contribution in [3.63, 3.8) is 0 Å². The summed E-state index contributed by atoms with van der Waals surface area (Å²) < 4.78 is 5.45. The number of carbonyl (C=O) groups excluding carboxylic acids is 1. The van der Waals surface area contributed by atoms with Gasteiger partial charge in [0, 0.05) is 29.1 Å². The Morgan fingerprint density at radius 3 is 3.20 bits per heavy atom. The summed E-state index contributed by atoms with van der Waals surface area (Å²) in [5, 5.41) is 1.00. The molecule has 0 saturated heterocycles. The molecule has 2 aromatic rings. The molecule has 1 aliphatic rings. The second kappa shape index (κ2) is 3.05. The van der Waals surface area contributed by atoms with Crippen LogP contribution >= 0.6 is 0 Å². The van der Waals surface area contributed by atoms with E-state index in [2.05, 4.69) is 4.98 Å². The van der Waals surface area contributed by atoms with E-state index < -0.39 is 0 Å². The van der Waals surface area contributed by atoms with E-state index >= 15 is 0 Å². The number of fused-ring (bicyclic) bond motifs is 3. The van der Waals surface area contributed by atoms with E-state index in [9.17, 15) is 4.79 Å². The van der Waals surface area contributed by atoms with Crippen LogP contribution < -0.4 is 4.74 Å². The molecule has 0 saturated carbocycles. The molecule has 74 valence electrons. The second-order valence-corrected chi connectivity index (χ2v) is 3.60. The minimum Gasteiger partial charge on any atom is -0.493 e. The van der Waals surface area contributed by atoms with Crippen LogP contribution in [0.25, 0.3) is 10.9 Å². The first-order valence-electron chi connectivity index (χ1n) is 4.88. The third-order valence-corrected chi connectivity index (χ3v) is 2.68. The van der Waals surface area contributed by atoms with E-state index in [1.54, 1.807) is 6.20 Å². The van der Waals surface area contributed by atoms with Crippen LogP contribution in [0.15, 0.2) is 24.4 Å². The van der Waals surface area contributed by atoms with Crippen molar-refractivity contribution >= 4 is 17.2 Å². The molecule has 1 aromatic heterocycles. The van der Waals surface area contributed by atoms with Crippen LogP contribution in [-0.4, -0.2) is 17.9 Å². The van der Waals surface area contributed by atoms with Crippen molar-refractivity contribution in [3.8, 4) is 5.75 Å². The zero-order valence-corrected chi connectivity index (χ0v) is 8.06. The predicted molar refractivity (Wildman–Crippen MR) is 56.3 cm³/mol.